The van der Waals surface area contributed by atoms with Gasteiger partial charge in [0.05, 0.1) is 4.90 Å². The topological polar surface area (TPSA) is 84.5 Å². The number of amides is 1. The third-order valence-corrected chi connectivity index (χ3v) is 5.39. The molecule has 0 bridgehead atoms. The first kappa shape index (κ1) is 21.2. The van der Waals surface area contributed by atoms with Gasteiger partial charge < -0.3 is 10.1 Å². The van der Waals surface area contributed by atoms with Crippen LogP contribution in [0.2, 0.25) is 5.02 Å². The summed E-state index contributed by atoms with van der Waals surface area (Å²) in [5, 5.41) is 3.27. The van der Waals surface area contributed by atoms with Crippen LogP contribution in [0.5, 0.6) is 5.75 Å². The van der Waals surface area contributed by atoms with Crippen LogP contribution in [0.4, 0.5) is 5.69 Å². The zero-order valence-electron chi connectivity index (χ0n) is 15.6. The molecule has 8 heteroatoms. The van der Waals surface area contributed by atoms with Gasteiger partial charge >= 0.3 is 0 Å². The quantitative estimate of drug-likeness (QED) is 0.758. The van der Waals surface area contributed by atoms with E-state index in [2.05, 4.69) is 10.0 Å². The summed E-state index contributed by atoms with van der Waals surface area (Å²) in [6, 6.07) is 12.6. The smallest absolute Gasteiger partial charge is 0.265 e. The van der Waals surface area contributed by atoms with E-state index in [1.807, 2.05) is 0 Å². The number of carbonyl (C=O) groups is 1. The number of ether oxygens (including phenoxy) is 1. The lowest BCUT2D eigenvalue weighted by Gasteiger charge is -2.20. The average molecular weight is 411 g/mol. The van der Waals surface area contributed by atoms with Gasteiger partial charge in [-0.25, -0.2) is 13.1 Å². The minimum atomic E-state index is -3.62. The summed E-state index contributed by atoms with van der Waals surface area (Å²) in [7, 11) is -3.62. The van der Waals surface area contributed by atoms with Crippen LogP contribution in [0.25, 0.3) is 0 Å². The van der Waals surface area contributed by atoms with E-state index in [4.69, 9.17) is 16.3 Å². The van der Waals surface area contributed by atoms with Gasteiger partial charge in [0.1, 0.15) is 5.75 Å². The molecule has 0 aromatic heterocycles. The number of rotatable bonds is 6. The molecule has 0 radical (unpaired) electrons. The molecule has 0 saturated heterocycles. The summed E-state index contributed by atoms with van der Waals surface area (Å²) in [4.78, 5) is 12.4. The lowest BCUT2D eigenvalue weighted by atomic mass is 10.1. The van der Waals surface area contributed by atoms with Gasteiger partial charge in [0.25, 0.3) is 5.91 Å². The maximum absolute atomic E-state index is 12.3. The Hall–Kier alpha value is -2.09. The number of carbonyl (C=O) groups excluding carboxylic acids is 1. The highest BCUT2D eigenvalue weighted by Gasteiger charge is 2.22. The molecule has 0 aliphatic heterocycles. The van der Waals surface area contributed by atoms with Crippen molar-refractivity contribution in [2.24, 2.45) is 0 Å². The van der Waals surface area contributed by atoms with Crippen molar-refractivity contribution in [1.29, 1.82) is 0 Å². The molecule has 0 spiro atoms. The van der Waals surface area contributed by atoms with Crippen molar-refractivity contribution in [3.63, 3.8) is 0 Å². The highest BCUT2D eigenvalue weighted by atomic mass is 35.5. The monoisotopic (exact) mass is 410 g/mol. The minimum Gasteiger partial charge on any atom is -0.481 e. The molecule has 2 aromatic carbocycles. The molecular formula is C19H23ClN2O4S. The molecule has 1 atom stereocenters. The number of hydrogen-bond acceptors (Lipinski definition) is 4. The molecule has 0 saturated carbocycles. The molecule has 0 aliphatic carbocycles. The Labute approximate surface area is 164 Å². The number of anilines is 1. The van der Waals surface area contributed by atoms with Crippen LogP contribution in [0.3, 0.4) is 0 Å². The molecule has 0 fully saturated rings. The van der Waals surface area contributed by atoms with Crippen LogP contribution >= 0.6 is 11.6 Å². The van der Waals surface area contributed by atoms with E-state index in [0.29, 0.717) is 16.5 Å². The summed E-state index contributed by atoms with van der Waals surface area (Å²) in [5.41, 5.74) is -0.110. The SMILES string of the molecule is CC(Oc1ccc(Cl)cc1)C(=O)Nc1ccc(S(=O)(=O)NC(C)(C)C)cc1. The molecule has 0 aliphatic rings. The predicted molar refractivity (Wildman–Crippen MR) is 107 cm³/mol. The number of benzene rings is 2. The lowest BCUT2D eigenvalue weighted by Crippen LogP contribution is -2.40. The standard InChI is InChI=1S/C19H23ClN2O4S/c1-13(26-16-9-5-14(20)6-10-16)18(23)21-15-7-11-17(12-8-15)27(24,25)22-19(2,3)4/h5-13,22H,1-4H3,(H,21,23). The number of halogens is 1. The van der Waals surface area contributed by atoms with Crippen LogP contribution in [0.15, 0.2) is 53.4 Å². The molecule has 2 N–H and O–H groups in total. The van der Waals surface area contributed by atoms with E-state index < -0.39 is 21.7 Å². The van der Waals surface area contributed by atoms with Gasteiger partial charge in [0, 0.05) is 16.2 Å². The van der Waals surface area contributed by atoms with Crippen molar-refractivity contribution in [2.45, 2.75) is 44.2 Å². The first-order chi connectivity index (χ1) is 12.5. The van der Waals surface area contributed by atoms with Crippen molar-refractivity contribution >= 4 is 33.2 Å². The van der Waals surface area contributed by atoms with Crippen molar-refractivity contribution < 1.29 is 17.9 Å². The Morgan fingerprint density at radius 2 is 1.59 bits per heavy atom. The second-order valence-corrected chi connectivity index (χ2v) is 9.20. The molecule has 146 valence electrons. The van der Waals surface area contributed by atoms with E-state index >= 15 is 0 Å². The highest BCUT2D eigenvalue weighted by Crippen LogP contribution is 2.19. The summed E-state index contributed by atoms with van der Waals surface area (Å²) in [5.74, 6) is 0.171. The summed E-state index contributed by atoms with van der Waals surface area (Å²) < 4.78 is 32.7. The van der Waals surface area contributed by atoms with Gasteiger partial charge in [-0.15, -0.1) is 0 Å². The van der Waals surface area contributed by atoms with E-state index in [1.54, 1.807) is 52.0 Å². The fourth-order valence-corrected chi connectivity index (χ4v) is 3.74. The number of nitrogens with one attached hydrogen (secondary N) is 2. The molecule has 2 aromatic rings. The second-order valence-electron chi connectivity index (χ2n) is 7.08. The maximum Gasteiger partial charge on any atom is 0.265 e. The van der Waals surface area contributed by atoms with Gasteiger partial charge in [-0.05, 0) is 76.2 Å². The minimum absolute atomic E-state index is 0.126. The van der Waals surface area contributed by atoms with Crippen molar-refractivity contribution in [3.8, 4) is 5.75 Å². The molecule has 6 nitrogen and oxygen atoms in total. The zero-order valence-corrected chi connectivity index (χ0v) is 17.2. The molecule has 0 heterocycles. The van der Waals surface area contributed by atoms with Crippen LogP contribution in [-0.2, 0) is 14.8 Å². The van der Waals surface area contributed by atoms with Gasteiger partial charge in [-0.2, -0.15) is 0 Å². The van der Waals surface area contributed by atoms with Crippen molar-refractivity contribution in [2.75, 3.05) is 5.32 Å². The fourth-order valence-electron chi connectivity index (χ4n) is 2.19. The van der Waals surface area contributed by atoms with Gasteiger partial charge in [0.2, 0.25) is 10.0 Å². The molecule has 2 rings (SSSR count). The van der Waals surface area contributed by atoms with Crippen LogP contribution in [-0.4, -0.2) is 26.0 Å². The fraction of sp³-hybridized carbons (Fsp3) is 0.316. The first-order valence-corrected chi connectivity index (χ1v) is 10.2. The Balaban J connectivity index is 2.01. The van der Waals surface area contributed by atoms with Crippen LogP contribution in [0.1, 0.15) is 27.7 Å². The number of hydrogen-bond donors (Lipinski definition) is 2. The van der Waals surface area contributed by atoms with Crippen LogP contribution < -0.4 is 14.8 Å². The molecule has 1 unspecified atom stereocenters. The van der Waals surface area contributed by atoms with Gasteiger partial charge in [-0.3, -0.25) is 4.79 Å². The predicted octanol–water partition coefficient (Wildman–Crippen LogP) is 3.82. The largest absolute Gasteiger partial charge is 0.481 e. The summed E-state index contributed by atoms with van der Waals surface area (Å²) in [6.45, 7) is 6.92. The molecule has 1 amide bonds. The zero-order chi connectivity index (χ0) is 20.2. The van der Waals surface area contributed by atoms with Gasteiger partial charge in [0.15, 0.2) is 6.10 Å². The van der Waals surface area contributed by atoms with Crippen LogP contribution in [0, 0.1) is 0 Å². The highest BCUT2D eigenvalue weighted by molar-refractivity contribution is 7.89. The Bertz CT molecular complexity index is 889. The van der Waals surface area contributed by atoms with E-state index in [-0.39, 0.29) is 10.8 Å². The van der Waals surface area contributed by atoms with Gasteiger partial charge in [-0.1, -0.05) is 11.6 Å². The third kappa shape index (κ3) is 6.53. The van der Waals surface area contributed by atoms with E-state index in [0.717, 1.165) is 0 Å². The Kier molecular flexibility index (Phi) is 6.51. The first-order valence-electron chi connectivity index (χ1n) is 8.33. The maximum atomic E-state index is 12.3. The molecule has 27 heavy (non-hydrogen) atoms. The Morgan fingerprint density at radius 1 is 1.04 bits per heavy atom. The lowest BCUT2D eigenvalue weighted by molar-refractivity contribution is -0.122. The van der Waals surface area contributed by atoms with E-state index in [9.17, 15) is 13.2 Å². The Morgan fingerprint density at radius 3 is 2.11 bits per heavy atom. The van der Waals surface area contributed by atoms with E-state index in [1.165, 1.54) is 24.3 Å². The van der Waals surface area contributed by atoms with Crippen molar-refractivity contribution in [3.05, 3.63) is 53.6 Å². The summed E-state index contributed by atoms with van der Waals surface area (Å²) in [6.07, 6.45) is -0.739. The second kappa shape index (κ2) is 8.29. The third-order valence-electron chi connectivity index (χ3n) is 3.37. The van der Waals surface area contributed by atoms with Crippen molar-refractivity contribution in [1.82, 2.24) is 4.72 Å². The molecular weight excluding hydrogens is 388 g/mol. The summed E-state index contributed by atoms with van der Waals surface area (Å²) >= 11 is 5.82. The number of sulfonamides is 1. The average Bonchev–Trinajstić information content (AvgIpc) is 2.55. The normalized spacial score (nSPS) is 13.1.